The molecule has 144 valence electrons. The summed E-state index contributed by atoms with van der Waals surface area (Å²) in [7, 11) is 0. The third kappa shape index (κ3) is 3.19. The van der Waals surface area contributed by atoms with Crippen LogP contribution in [0.25, 0.3) is 5.57 Å². The van der Waals surface area contributed by atoms with Crippen molar-refractivity contribution in [2.75, 3.05) is 5.73 Å². The highest BCUT2D eigenvalue weighted by atomic mass is 16.5. The van der Waals surface area contributed by atoms with E-state index in [1.54, 1.807) is 0 Å². The molecular weight excluding hydrogens is 332 g/mol. The molecule has 0 saturated carbocycles. The number of nitrogens with two attached hydrogens (primary N) is 1. The van der Waals surface area contributed by atoms with E-state index in [1.807, 2.05) is 6.07 Å². The largest absolute Gasteiger partial charge is 0.398 e. The molecule has 1 aromatic rings. The van der Waals surface area contributed by atoms with Gasteiger partial charge >= 0.3 is 0 Å². The Morgan fingerprint density at radius 2 is 1.70 bits per heavy atom. The Balaban J connectivity index is 1.75. The van der Waals surface area contributed by atoms with Crippen LogP contribution < -0.4 is 5.73 Å². The second kappa shape index (κ2) is 5.85. The summed E-state index contributed by atoms with van der Waals surface area (Å²) in [5.41, 5.74) is 10.3. The number of hydrogen-bond donors (Lipinski definition) is 1. The highest BCUT2D eigenvalue weighted by Gasteiger charge is 2.57. The lowest BCUT2D eigenvalue weighted by Gasteiger charge is -2.45. The van der Waals surface area contributed by atoms with Crippen molar-refractivity contribution in [3.63, 3.8) is 0 Å². The SMILES string of the molecule is CC1(C)CC=C(c2cc(C3(C#N)CC4(C)CCC(C)(C3)O4)ccc2N)CC1. The third-order valence-corrected chi connectivity index (χ3v) is 7.16. The van der Waals surface area contributed by atoms with Crippen molar-refractivity contribution in [1.82, 2.24) is 0 Å². The fourth-order valence-electron chi connectivity index (χ4n) is 5.62. The summed E-state index contributed by atoms with van der Waals surface area (Å²) in [5, 5.41) is 10.3. The van der Waals surface area contributed by atoms with E-state index in [0.717, 1.165) is 55.3 Å². The zero-order valence-corrected chi connectivity index (χ0v) is 17.2. The number of ether oxygens (including phenoxy) is 1. The van der Waals surface area contributed by atoms with Gasteiger partial charge in [0, 0.05) is 11.3 Å². The first kappa shape index (κ1) is 18.6. The summed E-state index contributed by atoms with van der Waals surface area (Å²) >= 11 is 0. The minimum absolute atomic E-state index is 0.196. The molecule has 3 nitrogen and oxygen atoms in total. The summed E-state index contributed by atoms with van der Waals surface area (Å²) in [6.07, 6.45) is 9.27. The first-order chi connectivity index (χ1) is 12.6. The Hall–Kier alpha value is -1.79. The predicted octanol–water partition coefficient (Wildman–Crippen LogP) is 5.75. The van der Waals surface area contributed by atoms with Crippen molar-refractivity contribution in [2.24, 2.45) is 5.41 Å². The number of nitrogen functional groups attached to an aromatic ring is 1. The van der Waals surface area contributed by atoms with Crippen LogP contribution in [0.15, 0.2) is 24.3 Å². The average Bonchev–Trinajstić information content (AvgIpc) is 2.83. The predicted molar refractivity (Wildman–Crippen MR) is 110 cm³/mol. The molecule has 2 bridgehead atoms. The minimum atomic E-state index is -0.491. The topological polar surface area (TPSA) is 59.0 Å². The van der Waals surface area contributed by atoms with Gasteiger partial charge in [-0.3, -0.25) is 0 Å². The maximum Gasteiger partial charge on any atom is 0.0877 e. The Morgan fingerprint density at radius 1 is 1.04 bits per heavy atom. The van der Waals surface area contributed by atoms with Crippen LogP contribution in [0.1, 0.15) is 83.8 Å². The number of benzene rings is 1. The number of rotatable bonds is 2. The van der Waals surface area contributed by atoms with Crippen LogP contribution in [0.2, 0.25) is 0 Å². The summed E-state index contributed by atoms with van der Waals surface area (Å²) < 4.78 is 6.36. The summed E-state index contributed by atoms with van der Waals surface area (Å²) in [5.74, 6) is 0. The molecule has 2 atom stereocenters. The number of allylic oxidation sites excluding steroid dienone is 2. The Labute approximate surface area is 163 Å². The molecule has 27 heavy (non-hydrogen) atoms. The van der Waals surface area contributed by atoms with Gasteiger partial charge in [-0.15, -0.1) is 0 Å². The molecule has 1 aromatic carbocycles. The first-order valence-corrected chi connectivity index (χ1v) is 10.3. The van der Waals surface area contributed by atoms with E-state index >= 15 is 0 Å². The maximum absolute atomic E-state index is 10.3. The molecule has 0 radical (unpaired) electrons. The van der Waals surface area contributed by atoms with Gasteiger partial charge in [-0.2, -0.15) is 5.26 Å². The standard InChI is InChI=1S/C24H32N2O/c1-21(2)9-7-17(8-10-21)19-13-18(5-6-20(19)26)24(16-25)14-22(3)11-12-23(4,15-24)27-22/h5-7,13H,8-12,14-15,26H2,1-4H3. The molecular formula is C24H32N2O. The number of nitrogens with zero attached hydrogens (tertiary/aromatic N) is 1. The van der Waals surface area contributed by atoms with E-state index in [1.165, 1.54) is 12.0 Å². The number of fused-ring (bicyclic) bond motifs is 2. The monoisotopic (exact) mass is 364 g/mol. The molecule has 2 saturated heterocycles. The van der Waals surface area contributed by atoms with E-state index in [4.69, 9.17) is 10.5 Å². The van der Waals surface area contributed by atoms with Crippen molar-refractivity contribution in [3.8, 4) is 6.07 Å². The van der Waals surface area contributed by atoms with Gasteiger partial charge in [-0.25, -0.2) is 0 Å². The molecule has 3 heteroatoms. The van der Waals surface area contributed by atoms with Gasteiger partial charge in [0.1, 0.15) is 0 Å². The lowest BCUT2D eigenvalue weighted by molar-refractivity contribution is -0.138. The van der Waals surface area contributed by atoms with E-state index in [-0.39, 0.29) is 11.2 Å². The molecule has 3 aliphatic rings. The van der Waals surface area contributed by atoms with Crippen LogP contribution in [0.5, 0.6) is 0 Å². The lowest BCUT2D eigenvalue weighted by Crippen LogP contribution is -2.48. The Bertz CT molecular complexity index is 828. The van der Waals surface area contributed by atoms with E-state index in [0.29, 0.717) is 5.41 Å². The quantitative estimate of drug-likeness (QED) is 0.680. The van der Waals surface area contributed by atoms with Crippen LogP contribution >= 0.6 is 0 Å². The highest BCUT2D eigenvalue weighted by Crippen LogP contribution is 2.56. The van der Waals surface area contributed by atoms with Gasteiger partial charge < -0.3 is 10.5 Å². The smallest absolute Gasteiger partial charge is 0.0877 e. The van der Waals surface area contributed by atoms with Crippen molar-refractivity contribution < 1.29 is 4.74 Å². The van der Waals surface area contributed by atoms with Crippen molar-refractivity contribution in [3.05, 3.63) is 35.4 Å². The highest BCUT2D eigenvalue weighted by molar-refractivity contribution is 5.76. The zero-order chi connectivity index (χ0) is 19.5. The van der Waals surface area contributed by atoms with Gasteiger partial charge in [0.25, 0.3) is 0 Å². The molecule has 2 unspecified atom stereocenters. The zero-order valence-electron chi connectivity index (χ0n) is 17.2. The fourth-order valence-corrected chi connectivity index (χ4v) is 5.62. The van der Waals surface area contributed by atoms with Gasteiger partial charge in [0.2, 0.25) is 0 Å². The van der Waals surface area contributed by atoms with Gasteiger partial charge in [-0.1, -0.05) is 26.0 Å². The number of anilines is 1. The normalized spacial score (nSPS) is 37.5. The van der Waals surface area contributed by atoms with Crippen molar-refractivity contribution >= 4 is 11.3 Å². The molecule has 0 aromatic heterocycles. The first-order valence-electron chi connectivity index (χ1n) is 10.3. The molecule has 2 fully saturated rings. The second-order valence-electron chi connectivity index (χ2n) is 10.4. The van der Waals surface area contributed by atoms with Crippen LogP contribution in [-0.2, 0) is 10.2 Å². The molecule has 0 amide bonds. The van der Waals surface area contributed by atoms with Crippen LogP contribution in [0.3, 0.4) is 0 Å². The second-order valence-corrected chi connectivity index (χ2v) is 10.4. The summed E-state index contributed by atoms with van der Waals surface area (Å²) in [6, 6.07) is 9.00. The van der Waals surface area contributed by atoms with E-state index in [2.05, 4.69) is 52.0 Å². The lowest BCUT2D eigenvalue weighted by atomic mass is 9.67. The summed E-state index contributed by atoms with van der Waals surface area (Å²) in [4.78, 5) is 0. The third-order valence-electron chi connectivity index (χ3n) is 7.16. The molecule has 2 N–H and O–H groups in total. The Kier molecular flexibility index (Phi) is 4.02. The molecule has 0 spiro atoms. The average molecular weight is 365 g/mol. The van der Waals surface area contributed by atoms with E-state index in [9.17, 15) is 5.26 Å². The maximum atomic E-state index is 10.3. The number of hydrogen-bond acceptors (Lipinski definition) is 3. The van der Waals surface area contributed by atoms with Gasteiger partial charge in [0.05, 0.1) is 22.7 Å². The van der Waals surface area contributed by atoms with Crippen LogP contribution in [-0.4, -0.2) is 11.2 Å². The Morgan fingerprint density at radius 3 is 2.26 bits per heavy atom. The van der Waals surface area contributed by atoms with E-state index < -0.39 is 5.41 Å². The minimum Gasteiger partial charge on any atom is -0.398 e. The fraction of sp³-hybridized carbons (Fsp3) is 0.625. The van der Waals surface area contributed by atoms with Crippen LogP contribution in [0, 0.1) is 16.7 Å². The summed E-state index contributed by atoms with van der Waals surface area (Å²) in [6.45, 7) is 8.99. The molecule has 2 heterocycles. The molecule has 4 rings (SSSR count). The van der Waals surface area contributed by atoms with Gasteiger partial charge in [-0.05, 0) is 87.5 Å². The van der Waals surface area contributed by atoms with Crippen molar-refractivity contribution in [1.29, 1.82) is 5.26 Å². The number of nitriles is 1. The molecule has 1 aliphatic carbocycles. The van der Waals surface area contributed by atoms with Crippen LogP contribution in [0.4, 0.5) is 5.69 Å². The molecule has 2 aliphatic heterocycles. The van der Waals surface area contributed by atoms with Crippen molar-refractivity contribution in [2.45, 2.75) is 89.3 Å². The van der Waals surface area contributed by atoms with Gasteiger partial charge in [0.15, 0.2) is 0 Å².